The van der Waals surface area contributed by atoms with Gasteiger partial charge in [0.25, 0.3) is 5.56 Å². The van der Waals surface area contributed by atoms with Crippen LogP contribution in [0.5, 0.6) is 0 Å². The van der Waals surface area contributed by atoms with E-state index < -0.39 is 0 Å². The summed E-state index contributed by atoms with van der Waals surface area (Å²) in [5, 5.41) is 2.31. The molecule has 5 aromatic rings. The van der Waals surface area contributed by atoms with Crippen molar-refractivity contribution in [2.45, 2.75) is 18.9 Å². The van der Waals surface area contributed by atoms with E-state index >= 15 is 0 Å². The minimum atomic E-state index is -0.160. The second kappa shape index (κ2) is 8.54. The van der Waals surface area contributed by atoms with E-state index in [1.165, 1.54) is 33.4 Å². The van der Waals surface area contributed by atoms with Crippen molar-refractivity contribution in [1.29, 1.82) is 0 Å². The Kier molecular flexibility index (Phi) is 5.15. The first-order valence-corrected chi connectivity index (χ1v) is 13.6. The van der Waals surface area contributed by atoms with Crippen molar-refractivity contribution in [1.82, 2.24) is 4.57 Å². The van der Waals surface area contributed by atoms with Gasteiger partial charge in [-0.15, -0.1) is 0 Å². The maximum absolute atomic E-state index is 14.0. The third-order valence-corrected chi connectivity index (χ3v) is 8.68. The number of thiazole rings is 1. The Balaban J connectivity index is 1.50. The van der Waals surface area contributed by atoms with Crippen molar-refractivity contribution in [3.05, 3.63) is 143 Å². The molecule has 0 radical (unpaired) electrons. The fraction of sp³-hybridized carbons (Fsp3) is 0.0968. The number of aromatic nitrogens is 1. The predicted molar refractivity (Wildman–Crippen MR) is 151 cm³/mol. The number of halogens is 1. The van der Waals surface area contributed by atoms with Crippen LogP contribution in [0, 0.1) is 0 Å². The Morgan fingerprint density at radius 2 is 1.67 bits per heavy atom. The zero-order valence-electron chi connectivity index (χ0n) is 19.3. The summed E-state index contributed by atoms with van der Waals surface area (Å²) in [4.78, 5) is 19.9. The van der Waals surface area contributed by atoms with Gasteiger partial charge in [0.05, 0.1) is 16.3 Å². The topological polar surface area (TPSA) is 34.4 Å². The van der Waals surface area contributed by atoms with Gasteiger partial charge in [0.1, 0.15) is 0 Å². The highest BCUT2D eigenvalue weighted by Gasteiger charge is 2.32. The summed E-state index contributed by atoms with van der Waals surface area (Å²) in [6.45, 7) is 0. The molecule has 2 aliphatic rings. The maximum atomic E-state index is 14.0. The van der Waals surface area contributed by atoms with E-state index in [1.807, 2.05) is 28.8 Å². The quantitative estimate of drug-likeness (QED) is 0.257. The monoisotopic (exact) mass is 548 g/mol. The molecule has 0 spiro atoms. The first-order valence-electron chi connectivity index (χ1n) is 12.0. The molecule has 174 valence electrons. The number of hydrogen-bond acceptors (Lipinski definition) is 3. The lowest BCUT2D eigenvalue weighted by Crippen LogP contribution is -2.38. The van der Waals surface area contributed by atoms with E-state index in [9.17, 15) is 4.79 Å². The van der Waals surface area contributed by atoms with Gasteiger partial charge in [0, 0.05) is 10.0 Å². The summed E-state index contributed by atoms with van der Waals surface area (Å²) in [5.74, 6) is 0. The van der Waals surface area contributed by atoms with Crippen molar-refractivity contribution >= 4 is 49.8 Å². The number of rotatable bonds is 2. The molecule has 2 heterocycles. The van der Waals surface area contributed by atoms with Crippen LogP contribution >= 0.6 is 27.3 Å². The van der Waals surface area contributed by atoms with Crippen LogP contribution in [0.1, 0.15) is 34.7 Å². The largest absolute Gasteiger partial charge is 0.272 e. The molecule has 1 aliphatic heterocycles. The first kappa shape index (κ1) is 21.7. The fourth-order valence-electron chi connectivity index (χ4n) is 5.49. The van der Waals surface area contributed by atoms with Crippen LogP contribution in [-0.4, -0.2) is 4.57 Å². The van der Waals surface area contributed by atoms with Crippen molar-refractivity contribution < 1.29 is 0 Å². The molecule has 1 atom stereocenters. The summed E-state index contributed by atoms with van der Waals surface area (Å²) >= 11 is 5.05. The lowest BCUT2D eigenvalue weighted by Gasteiger charge is -2.30. The molecule has 0 unspecified atom stereocenters. The normalized spacial score (nSPS) is 16.9. The number of fused-ring (bicyclic) bond motifs is 4. The van der Waals surface area contributed by atoms with Crippen LogP contribution in [0.4, 0.5) is 0 Å². The molecule has 36 heavy (non-hydrogen) atoms. The number of allylic oxidation sites excluding steroid dienone is 1. The maximum Gasteiger partial charge on any atom is 0.271 e. The van der Waals surface area contributed by atoms with E-state index in [1.54, 1.807) is 0 Å². The predicted octanol–water partition coefficient (Wildman–Crippen LogP) is 6.23. The molecule has 0 N–H and O–H groups in total. The molecular weight excluding hydrogens is 528 g/mol. The summed E-state index contributed by atoms with van der Waals surface area (Å²) in [5.41, 5.74) is 6.94. The Morgan fingerprint density at radius 3 is 2.56 bits per heavy atom. The van der Waals surface area contributed by atoms with Crippen molar-refractivity contribution in [2.75, 3.05) is 0 Å². The third-order valence-electron chi connectivity index (χ3n) is 7.17. The van der Waals surface area contributed by atoms with E-state index in [0.29, 0.717) is 4.53 Å². The minimum absolute atomic E-state index is 0.0185. The van der Waals surface area contributed by atoms with Crippen LogP contribution < -0.4 is 14.9 Å². The SMILES string of the molecule is O=c1/c(=C\c2cccc3ccccc23)sc2n1[C@@H](c1ccc(Br)cc1)C1=C(N=2)c2ccccc2CC1. The van der Waals surface area contributed by atoms with Gasteiger partial charge in [-0.1, -0.05) is 106 Å². The molecule has 4 aromatic carbocycles. The highest BCUT2D eigenvalue weighted by Crippen LogP contribution is 2.41. The molecule has 0 amide bonds. The van der Waals surface area contributed by atoms with Gasteiger partial charge in [-0.3, -0.25) is 9.36 Å². The van der Waals surface area contributed by atoms with E-state index in [0.717, 1.165) is 44.3 Å². The molecule has 0 saturated carbocycles. The molecule has 7 rings (SSSR count). The number of nitrogens with zero attached hydrogens (tertiary/aromatic N) is 2. The Bertz CT molecular complexity index is 1870. The minimum Gasteiger partial charge on any atom is -0.272 e. The van der Waals surface area contributed by atoms with Crippen LogP contribution in [0.2, 0.25) is 0 Å². The van der Waals surface area contributed by atoms with Gasteiger partial charge in [-0.25, -0.2) is 4.99 Å². The molecule has 0 saturated heterocycles. The fourth-order valence-corrected chi connectivity index (χ4v) is 6.74. The second-order valence-electron chi connectivity index (χ2n) is 9.23. The van der Waals surface area contributed by atoms with Crippen molar-refractivity contribution in [3.63, 3.8) is 0 Å². The lowest BCUT2D eigenvalue weighted by molar-refractivity contribution is 0.585. The van der Waals surface area contributed by atoms with Gasteiger partial charge in [-0.05, 0) is 64.1 Å². The standard InChI is InChI=1S/C31H21BrN2OS/c32-23-15-12-21(13-16-23)29-26-17-14-20-7-2-4-11-25(20)28(26)33-31-34(29)30(35)27(36-31)18-22-9-5-8-19-6-1-3-10-24(19)22/h1-13,15-16,18,29H,14,17H2/b27-18+/t29-/m0/s1. The average molecular weight is 549 g/mol. The van der Waals surface area contributed by atoms with Gasteiger partial charge in [-0.2, -0.15) is 0 Å². The van der Waals surface area contributed by atoms with E-state index in [2.05, 4.69) is 88.7 Å². The zero-order chi connectivity index (χ0) is 24.2. The highest BCUT2D eigenvalue weighted by atomic mass is 79.9. The number of aryl methyl sites for hydroxylation is 1. The van der Waals surface area contributed by atoms with Crippen LogP contribution in [0.3, 0.4) is 0 Å². The van der Waals surface area contributed by atoms with Crippen molar-refractivity contribution in [3.8, 4) is 0 Å². The first-order chi connectivity index (χ1) is 17.7. The average Bonchev–Trinajstić information content (AvgIpc) is 3.22. The van der Waals surface area contributed by atoms with Crippen LogP contribution in [0.25, 0.3) is 22.5 Å². The summed E-state index contributed by atoms with van der Waals surface area (Å²) in [7, 11) is 0. The molecule has 3 nitrogen and oxygen atoms in total. The van der Waals surface area contributed by atoms with Crippen molar-refractivity contribution in [2.24, 2.45) is 4.99 Å². The number of hydrogen-bond donors (Lipinski definition) is 0. The zero-order valence-corrected chi connectivity index (χ0v) is 21.7. The second-order valence-corrected chi connectivity index (χ2v) is 11.2. The van der Waals surface area contributed by atoms with Gasteiger partial charge < -0.3 is 0 Å². The van der Waals surface area contributed by atoms with E-state index in [-0.39, 0.29) is 11.6 Å². The Hall–Kier alpha value is -3.54. The molecule has 0 bridgehead atoms. The number of benzene rings is 4. The molecule has 5 heteroatoms. The van der Waals surface area contributed by atoms with Gasteiger partial charge in [0.15, 0.2) is 4.80 Å². The lowest BCUT2D eigenvalue weighted by atomic mass is 9.83. The molecule has 0 fully saturated rings. The molecule has 1 aromatic heterocycles. The molecular formula is C31H21BrN2OS. The summed E-state index contributed by atoms with van der Waals surface area (Å²) in [6, 6.07) is 31.2. The van der Waals surface area contributed by atoms with Gasteiger partial charge in [0.2, 0.25) is 0 Å². The van der Waals surface area contributed by atoms with E-state index in [4.69, 9.17) is 4.99 Å². The van der Waals surface area contributed by atoms with Crippen LogP contribution in [-0.2, 0) is 6.42 Å². The highest BCUT2D eigenvalue weighted by molar-refractivity contribution is 9.10. The smallest absolute Gasteiger partial charge is 0.271 e. The summed E-state index contributed by atoms with van der Waals surface area (Å²) in [6.07, 6.45) is 3.88. The molecule has 1 aliphatic carbocycles. The van der Waals surface area contributed by atoms with Crippen LogP contribution in [0.15, 0.2) is 111 Å². The Labute approximate surface area is 220 Å². The van der Waals surface area contributed by atoms with Gasteiger partial charge >= 0.3 is 0 Å². The summed E-state index contributed by atoms with van der Waals surface area (Å²) < 4.78 is 3.65. The Morgan fingerprint density at radius 1 is 0.889 bits per heavy atom. The third kappa shape index (κ3) is 3.46.